The zero-order valence-electron chi connectivity index (χ0n) is 17.8. The number of hydrogen-bond acceptors (Lipinski definition) is 3. The molecule has 0 aromatic rings. The molecule has 4 fully saturated rings. The summed E-state index contributed by atoms with van der Waals surface area (Å²) in [6, 6.07) is 0. The van der Waals surface area contributed by atoms with Gasteiger partial charge in [0.1, 0.15) is 0 Å². The van der Waals surface area contributed by atoms with E-state index in [-0.39, 0.29) is 0 Å². The Morgan fingerprint density at radius 3 is 2.76 bits per heavy atom. The molecule has 4 aliphatic rings. The van der Waals surface area contributed by atoms with E-state index in [4.69, 9.17) is 0 Å². The Bertz CT molecular complexity index is 754. The first-order valence-electron chi connectivity index (χ1n) is 11.5. The summed E-state index contributed by atoms with van der Waals surface area (Å²) in [5.74, 6) is 1.91. The number of ketones is 1. The minimum atomic E-state index is -0.624. The van der Waals surface area contributed by atoms with E-state index in [0.717, 1.165) is 36.8 Å². The first-order valence-corrected chi connectivity index (χ1v) is 11.5. The Hall–Kier alpha value is -1.45. The van der Waals surface area contributed by atoms with Gasteiger partial charge < -0.3 is 10.2 Å². The number of rotatable bonds is 5. The van der Waals surface area contributed by atoms with Gasteiger partial charge in [0.25, 0.3) is 0 Å². The Morgan fingerprint density at radius 1 is 1.21 bits per heavy atom. The van der Waals surface area contributed by atoms with E-state index in [1.807, 2.05) is 6.08 Å². The largest absolute Gasteiger partial charge is 0.393 e. The molecule has 0 spiro atoms. The number of allylic oxidation sites excluding steroid dienone is 5. The van der Waals surface area contributed by atoms with Crippen LogP contribution in [0, 0.1) is 23.2 Å². The van der Waals surface area contributed by atoms with E-state index in [9.17, 15) is 15.0 Å². The van der Waals surface area contributed by atoms with E-state index < -0.39 is 12.2 Å². The van der Waals surface area contributed by atoms with Crippen molar-refractivity contribution in [1.29, 1.82) is 0 Å². The Kier molecular flexibility index (Phi) is 5.99. The minimum absolute atomic E-state index is 0.318. The predicted octanol–water partition coefficient (Wildman–Crippen LogP) is 5.05. The van der Waals surface area contributed by atoms with Crippen LogP contribution in [0.3, 0.4) is 0 Å². The van der Waals surface area contributed by atoms with Gasteiger partial charge in [-0.15, -0.1) is 0 Å². The van der Waals surface area contributed by atoms with E-state index in [1.165, 1.54) is 31.3 Å². The molecule has 0 radical (unpaired) electrons. The number of carbonyl (C=O) groups excluding carboxylic acids is 1. The number of fused-ring (bicyclic) bond motifs is 1. The average molecular weight is 397 g/mol. The molecule has 4 saturated carbocycles. The molecule has 4 aliphatic carbocycles. The van der Waals surface area contributed by atoms with Gasteiger partial charge in [0, 0.05) is 12.3 Å². The summed E-state index contributed by atoms with van der Waals surface area (Å²) in [5, 5.41) is 20.1. The molecule has 0 unspecified atom stereocenters. The first kappa shape index (κ1) is 20.8. The maximum Gasteiger partial charge on any atom is 0.158 e. The van der Waals surface area contributed by atoms with Crippen LogP contribution in [0.4, 0.5) is 0 Å². The fourth-order valence-electron chi connectivity index (χ4n) is 6.05. The van der Waals surface area contributed by atoms with Crippen molar-refractivity contribution in [3.63, 3.8) is 0 Å². The summed E-state index contributed by atoms with van der Waals surface area (Å²) in [7, 11) is 0. The zero-order valence-corrected chi connectivity index (χ0v) is 17.8. The third-order valence-electron chi connectivity index (χ3n) is 8.11. The molecular weight excluding hydrogens is 360 g/mol. The van der Waals surface area contributed by atoms with Gasteiger partial charge in [-0.2, -0.15) is 0 Å². The normalized spacial score (nSPS) is 40.7. The van der Waals surface area contributed by atoms with Crippen LogP contribution in [0.1, 0.15) is 71.1 Å². The van der Waals surface area contributed by atoms with Gasteiger partial charge >= 0.3 is 0 Å². The molecule has 0 bridgehead atoms. The van der Waals surface area contributed by atoms with Crippen LogP contribution in [-0.4, -0.2) is 28.2 Å². The second-order valence-corrected chi connectivity index (χ2v) is 10.1. The molecule has 3 heteroatoms. The third-order valence-corrected chi connectivity index (χ3v) is 8.11. The van der Waals surface area contributed by atoms with E-state index in [0.29, 0.717) is 41.8 Å². The highest BCUT2D eigenvalue weighted by Crippen LogP contribution is 2.58. The summed E-state index contributed by atoms with van der Waals surface area (Å²) in [6.45, 7) is 6.50. The summed E-state index contributed by atoms with van der Waals surface area (Å²) in [6.07, 6.45) is 17.5. The minimum Gasteiger partial charge on any atom is -0.393 e. The lowest BCUT2D eigenvalue weighted by Gasteiger charge is -2.42. The molecular formula is C26H36O3. The van der Waals surface area contributed by atoms with Crippen molar-refractivity contribution in [2.24, 2.45) is 23.2 Å². The number of carbonyl (C=O) groups is 1. The summed E-state index contributed by atoms with van der Waals surface area (Å²) in [4.78, 5) is 12.0. The summed E-state index contributed by atoms with van der Waals surface area (Å²) >= 11 is 0. The lowest BCUT2D eigenvalue weighted by Crippen LogP contribution is -2.33. The Balaban J connectivity index is 1.45. The van der Waals surface area contributed by atoms with Gasteiger partial charge in [-0.05, 0) is 92.3 Å². The highest BCUT2D eigenvalue weighted by Gasteiger charge is 2.48. The molecule has 4 rings (SSSR count). The SMILES string of the molecule is C=C1/C(=C\C=C2/CCC[C@]3(C)[C@@H](C/C=C/C(=O)C4CC4)CC[C@@H]23)C[C@@H](O)C[C@@H]1O. The summed E-state index contributed by atoms with van der Waals surface area (Å²) < 4.78 is 0. The Morgan fingerprint density at radius 2 is 2.00 bits per heavy atom. The van der Waals surface area contributed by atoms with Gasteiger partial charge in [-0.25, -0.2) is 0 Å². The average Bonchev–Trinajstić information content (AvgIpc) is 3.47. The number of aliphatic hydroxyl groups excluding tert-OH is 2. The molecule has 0 saturated heterocycles. The quantitative estimate of drug-likeness (QED) is 0.639. The van der Waals surface area contributed by atoms with Crippen molar-refractivity contribution in [2.45, 2.75) is 83.3 Å². The van der Waals surface area contributed by atoms with E-state index >= 15 is 0 Å². The second-order valence-electron chi connectivity index (χ2n) is 10.1. The maximum atomic E-state index is 12.0. The van der Waals surface area contributed by atoms with Gasteiger partial charge in [0.15, 0.2) is 5.78 Å². The van der Waals surface area contributed by atoms with Crippen molar-refractivity contribution in [3.05, 3.63) is 47.6 Å². The van der Waals surface area contributed by atoms with Crippen LogP contribution in [0.5, 0.6) is 0 Å². The van der Waals surface area contributed by atoms with Gasteiger partial charge in [-0.3, -0.25) is 4.79 Å². The van der Waals surface area contributed by atoms with Gasteiger partial charge in [-0.1, -0.05) is 37.3 Å². The molecule has 0 aromatic carbocycles. The highest BCUT2D eigenvalue weighted by molar-refractivity contribution is 5.93. The molecule has 0 aromatic heterocycles. The van der Waals surface area contributed by atoms with Crippen molar-refractivity contribution in [2.75, 3.05) is 0 Å². The van der Waals surface area contributed by atoms with Crippen LogP contribution in [0.15, 0.2) is 47.6 Å². The standard InChI is InChI=1S/C26H36O3/c1-17-20(15-22(27)16-25(17)29)11-8-18-5-4-14-26(2)21(12-13-23(18)26)6-3-7-24(28)19-9-10-19/h3,7-8,11,19,21-23,25,27,29H,1,4-6,9-10,12-16H2,2H3/b7-3+,18-8+,20-11-/t21-,22+,23-,25-,26+/m0/s1. The number of aliphatic hydroxyl groups is 2. The monoisotopic (exact) mass is 396 g/mol. The lowest BCUT2D eigenvalue weighted by molar-refractivity contribution is -0.115. The zero-order chi connectivity index (χ0) is 20.6. The smallest absolute Gasteiger partial charge is 0.158 e. The predicted molar refractivity (Wildman–Crippen MR) is 116 cm³/mol. The van der Waals surface area contributed by atoms with Crippen LogP contribution >= 0.6 is 0 Å². The van der Waals surface area contributed by atoms with Crippen molar-refractivity contribution < 1.29 is 15.0 Å². The molecule has 29 heavy (non-hydrogen) atoms. The Labute approximate surface area is 175 Å². The molecule has 3 nitrogen and oxygen atoms in total. The molecule has 2 N–H and O–H groups in total. The summed E-state index contributed by atoms with van der Waals surface area (Å²) in [5.41, 5.74) is 3.60. The van der Waals surface area contributed by atoms with Crippen molar-refractivity contribution in [3.8, 4) is 0 Å². The number of hydrogen-bond donors (Lipinski definition) is 2. The van der Waals surface area contributed by atoms with Crippen LogP contribution in [0.2, 0.25) is 0 Å². The van der Waals surface area contributed by atoms with E-state index in [2.05, 4.69) is 31.7 Å². The molecule has 158 valence electrons. The lowest BCUT2D eigenvalue weighted by atomic mass is 9.63. The van der Waals surface area contributed by atoms with Crippen LogP contribution in [0.25, 0.3) is 0 Å². The highest BCUT2D eigenvalue weighted by atomic mass is 16.3. The molecule has 0 heterocycles. The third kappa shape index (κ3) is 4.36. The van der Waals surface area contributed by atoms with E-state index in [1.54, 1.807) is 0 Å². The second kappa shape index (κ2) is 8.35. The van der Waals surface area contributed by atoms with Gasteiger partial charge in [0.05, 0.1) is 12.2 Å². The topological polar surface area (TPSA) is 57.5 Å². The van der Waals surface area contributed by atoms with Crippen molar-refractivity contribution in [1.82, 2.24) is 0 Å². The van der Waals surface area contributed by atoms with Crippen LogP contribution < -0.4 is 0 Å². The molecule has 0 amide bonds. The van der Waals surface area contributed by atoms with Gasteiger partial charge in [0.2, 0.25) is 0 Å². The first-order chi connectivity index (χ1) is 13.9. The molecule has 0 aliphatic heterocycles. The molecule has 5 atom stereocenters. The maximum absolute atomic E-state index is 12.0. The fourth-order valence-corrected chi connectivity index (χ4v) is 6.05. The fraction of sp³-hybridized carbons (Fsp3) is 0.654. The van der Waals surface area contributed by atoms with Crippen LogP contribution in [-0.2, 0) is 4.79 Å². The van der Waals surface area contributed by atoms with Crippen molar-refractivity contribution >= 4 is 5.78 Å².